The largest absolute Gasteiger partial charge is 0.477 e. The Morgan fingerprint density at radius 1 is 1.37 bits per heavy atom. The van der Waals surface area contributed by atoms with Gasteiger partial charge in [-0.3, -0.25) is 0 Å². The monoisotopic (exact) mass is 258 g/mol. The molecular formula is C14H14N2O3. The number of ether oxygens (including phenoxy) is 1. The molecule has 1 heterocycles. The number of para-hydroxylation sites is 1. The SMILES string of the molecule is O=C(O)c1cc(OCC2CC2)n(-c2ccccc2)n1. The summed E-state index contributed by atoms with van der Waals surface area (Å²) in [6.07, 6.45) is 2.37. The van der Waals surface area contributed by atoms with E-state index in [-0.39, 0.29) is 5.69 Å². The molecule has 5 nitrogen and oxygen atoms in total. The normalized spacial score (nSPS) is 14.3. The molecule has 0 amide bonds. The van der Waals surface area contributed by atoms with E-state index in [4.69, 9.17) is 9.84 Å². The van der Waals surface area contributed by atoms with Crippen LogP contribution in [0.25, 0.3) is 5.69 Å². The molecule has 1 aromatic heterocycles. The standard InChI is InChI=1S/C14H14N2O3/c17-14(18)12-8-13(19-9-10-6-7-10)16(15-12)11-4-2-1-3-5-11/h1-5,8,10H,6-7,9H2,(H,17,18). The zero-order valence-electron chi connectivity index (χ0n) is 10.3. The molecule has 1 fully saturated rings. The lowest BCUT2D eigenvalue weighted by molar-refractivity contribution is 0.0690. The number of aromatic carboxylic acids is 1. The number of rotatable bonds is 5. The van der Waals surface area contributed by atoms with Crippen molar-refractivity contribution in [3.63, 3.8) is 0 Å². The van der Waals surface area contributed by atoms with E-state index in [1.54, 1.807) is 0 Å². The molecule has 0 radical (unpaired) electrons. The topological polar surface area (TPSA) is 64.3 Å². The summed E-state index contributed by atoms with van der Waals surface area (Å²) in [5.41, 5.74) is 0.787. The molecule has 1 aliphatic carbocycles. The van der Waals surface area contributed by atoms with Crippen molar-refractivity contribution in [1.82, 2.24) is 9.78 Å². The van der Waals surface area contributed by atoms with Gasteiger partial charge in [-0.15, -0.1) is 0 Å². The third-order valence-electron chi connectivity index (χ3n) is 3.06. The van der Waals surface area contributed by atoms with E-state index >= 15 is 0 Å². The highest BCUT2D eigenvalue weighted by Gasteiger charge is 2.23. The maximum atomic E-state index is 11.0. The fraction of sp³-hybridized carbons (Fsp3) is 0.286. The number of hydrogen-bond acceptors (Lipinski definition) is 3. The van der Waals surface area contributed by atoms with Crippen molar-refractivity contribution in [3.05, 3.63) is 42.1 Å². The van der Waals surface area contributed by atoms with Gasteiger partial charge < -0.3 is 9.84 Å². The first-order chi connectivity index (χ1) is 9.24. The predicted molar refractivity (Wildman–Crippen MR) is 68.7 cm³/mol. The van der Waals surface area contributed by atoms with E-state index in [2.05, 4.69) is 5.10 Å². The summed E-state index contributed by atoms with van der Waals surface area (Å²) in [6.45, 7) is 0.623. The van der Waals surface area contributed by atoms with Crippen LogP contribution >= 0.6 is 0 Å². The maximum Gasteiger partial charge on any atom is 0.356 e. The van der Waals surface area contributed by atoms with Gasteiger partial charge in [0.25, 0.3) is 0 Å². The number of carboxylic acid groups (broad SMARTS) is 1. The lowest BCUT2D eigenvalue weighted by atomic mass is 10.3. The zero-order chi connectivity index (χ0) is 13.2. The summed E-state index contributed by atoms with van der Waals surface area (Å²) in [5, 5.41) is 13.1. The van der Waals surface area contributed by atoms with Gasteiger partial charge >= 0.3 is 5.97 Å². The van der Waals surface area contributed by atoms with Gasteiger partial charge in [-0.25, -0.2) is 9.48 Å². The lowest BCUT2D eigenvalue weighted by Crippen LogP contribution is -2.05. The number of nitrogens with zero attached hydrogens (tertiary/aromatic N) is 2. The van der Waals surface area contributed by atoms with Crippen LogP contribution in [-0.4, -0.2) is 27.5 Å². The van der Waals surface area contributed by atoms with Crippen molar-refractivity contribution >= 4 is 5.97 Å². The van der Waals surface area contributed by atoms with Crippen molar-refractivity contribution in [2.24, 2.45) is 5.92 Å². The Bertz CT molecular complexity index is 588. The van der Waals surface area contributed by atoms with Gasteiger partial charge in [0.1, 0.15) is 0 Å². The highest BCUT2D eigenvalue weighted by molar-refractivity contribution is 5.85. The zero-order valence-corrected chi connectivity index (χ0v) is 10.3. The number of carboxylic acids is 1. The van der Waals surface area contributed by atoms with E-state index < -0.39 is 5.97 Å². The molecule has 2 aromatic rings. The minimum Gasteiger partial charge on any atom is -0.477 e. The predicted octanol–water partition coefficient (Wildman–Crippen LogP) is 2.36. The molecular weight excluding hydrogens is 244 g/mol. The van der Waals surface area contributed by atoms with Crippen LogP contribution in [0.15, 0.2) is 36.4 Å². The minimum absolute atomic E-state index is 0.00495. The third-order valence-corrected chi connectivity index (χ3v) is 3.06. The first kappa shape index (κ1) is 11.8. The molecule has 3 rings (SSSR count). The fourth-order valence-electron chi connectivity index (χ4n) is 1.81. The van der Waals surface area contributed by atoms with Gasteiger partial charge in [-0.1, -0.05) is 18.2 Å². The first-order valence-corrected chi connectivity index (χ1v) is 6.25. The Kier molecular flexibility index (Phi) is 2.95. The van der Waals surface area contributed by atoms with E-state index in [1.807, 2.05) is 30.3 Å². The van der Waals surface area contributed by atoms with Crippen molar-refractivity contribution in [3.8, 4) is 11.6 Å². The third kappa shape index (κ3) is 2.59. The highest BCUT2D eigenvalue weighted by atomic mass is 16.5. The second-order valence-electron chi connectivity index (χ2n) is 4.67. The smallest absolute Gasteiger partial charge is 0.356 e. The van der Waals surface area contributed by atoms with Crippen molar-refractivity contribution in [1.29, 1.82) is 0 Å². The summed E-state index contributed by atoms with van der Waals surface area (Å²) in [4.78, 5) is 11.0. The Morgan fingerprint density at radius 3 is 2.74 bits per heavy atom. The summed E-state index contributed by atoms with van der Waals surface area (Å²) >= 11 is 0. The quantitative estimate of drug-likeness (QED) is 0.894. The van der Waals surface area contributed by atoms with Gasteiger partial charge in [0.2, 0.25) is 5.88 Å². The highest BCUT2D eigenvalue weighted by Crippen LogP contribution is 2.30. The second kappa shape index (κ2) is 4.76. The average Bonchev–Trinajstić information content (AvgIpc) is 3.15. The summed E-state index contributed by atoms with van der Waals surface area (Å²) in [7, 11) is 0. The minimum atomic E-state index is -1.05. The molecule has 0 spiro atoms. The maximum absolute atomic E-state index is 11.0. The van der Waals surface area contributed by atoms with Crippen LogP contribution in [-0.2, 0) is 0 Å². The molecule has 0 saturated heterocycles. The van der Waals surface area contributed by atoms with Crippen molar-refractivity contribution in [2.45, 2.75) is 12.8 Å². The van der Waals surface area contributed by atoms with Gasteiger partial charge in [0.15, 0.2) is 5.69 Å². The molecule has 1 aromatic carbocycles. The van der Waals surface area contributed by atoms with Crippen LogP contribution in [0.1, 0.15) is 23.3 Å². The van der Waals surface area contributed by atoms with E-state index in [9.17, 15) is 4.79 Å². The van der Waals surface area contributed by atoms with Crippen LogP contribution in [0.3, 0.4) is 0 Å². The van der Waals surface area contributed by atoms with E-state index in [0.717, 1.165) is 5.69 Å². The van der Waals surface area contributed by atoms with Crippen molar-refractivity contribution < 1.29 is 14.6 Å². The molecule has 0 aliphatic heterocycles. The summed E-state index contributed by atoms with van der Waals surface area (Å²) in [5.74, 6) is 0.0360. The summed E-state index contributed by atoms with van der Waals surface area (Å²) in [6, 6.07) is 10.9. The molecule has 0 atom stereocenters. The number of aromatic nitrogens is 2. The van der Waals surface area contributed by atoms with E-state index in [1.165, 1.54) is 23.6 Å². The van der Waals surface area contributed by atoms with Crippen LogP contribution in [0, 0.1) is 5.92 Å². The van der Waals surface area contributed by atoms with Crippen LogP contribution in [0.4, 0.5) is 0 Å². The van der Waals surface area contributed by atoms with Gasteiger partial charge in [-0.05, 0) is 30.9 Å². The number of benzene rings is 1. The number of hydrogen-bond donors (Lipinski definition) is 1. The molecule has 19 heavy (non-hydrogen) atoms. The molecule has 1 N–H and O–H groups in total. The Morgan fingerprint density at radius 2 is 2.11 bits per heavy atom. The van der Waals surface area contributed by atoms with Crippen LogP contribution < -0.4 is 4.74 Å². The molecule has 0 unspecified atom stereocenters. The first-order valence-electron chi connectivity index (χ1n) is 6.25. The molecule has 5 heteroatoms. The van der Waals surface area contributed by atoms with Gasteiger partial charge in [-0.2, -0.15) is 5.10 Å². The summed E-state index contributed by atoms with van der Waals surface area (Å²) < 4.78 is 7.22. The molecule has 1 saturated carbocycles. The van der Waals surface area contributed by atoms with Gasteiger partial charge in [0.05, 0.1) is 12.3 Å². The lowest BCUT2D eigenvalue weighted by Gasteiger charge is -2.08. The van der Waals surface area contributed by atoms with E-state index in [0.29, 0.717) is 18.4 Å². The molecule has 0 bridgehead atoms. The molecule has 98 valence electrons. The Hall–Kier alpha value is -2.30. The van der Waals surface area contributed by atoms with Crippen molar-refractivity contribution in [2.75, 3.05) is 6.61 Å². The van der Waals surface area contributed by atoms with Gasteiger partial charge in [0, 0.05) is 6.07 Å². The van der Waals surface area contributed by atoms with Crippen LogP contribution in [0.2, 0.25) is 0 Å². The second-order valence-corrected chi connectivity index (χ2v) is 4.67. The average molecular weight is 258 g/mol. The van der Waals surface area contributed by atoms with Crippen LogP contribution in [0.5, 0.6) is 5.88 Å². The molecule has 1 aliphatic rings. The number of carbonyl (C=O) groups is 1. The Labute approximate surface area is 110 Å². The Balaban J connectivity index is 1.92. The fourth-order valence-corrected chi connectivity index (χ4v) is 1.81.